The number of ketones is 1. The molecule has 0 radical (unpaired) electrons. The van der Waals surface area contributed by atoms with Crippen molar-refractivity contribution in [2.45, 2.75) is 52.2 Å². The van der Waals surface area contributed by atoms with Crippen LogP contribution in [0.25, 0.3) is 0 Å². The number of benzene rings is 1. The first kappa shape index (κ1) is 16.2. The third-order valence-electron chi connectivity index (χ3n) is 4.92. The Labute approximate surface area is 130 Å². The minimum atomic E-state index is -1.41. The van der Waals surface area contributed by atoms with Crippen LogP contribution in [0.4, 0.5) is 0 Å². The van der Waals surface area contributed by atoms with E-state index in [4.69, 9.17) is 0 Å². The molecule has 0 N–H and O–H groups in total. The van der Waals surface area contributed by atoms with Crippen molar-refractivity contribution in [3.63, 3.8) is 0 Å². The van der Waals surface area contributed by atoms with Crippen LogP contribution in [0.5, 0.6) is 0 Å². The SMILES string of the molecule is CCC(=O)[C@@H]1CC=C(C[Si](C)(C)c2ccccc2)C[C@H]1C. The van der Waals surface area contributed by atoms with Crippen molar-refractivity contribution in [3.05, 3.63) is 42.0 Å². The van der Waals surface area contributed by atoms with Crippen LogP contribution < -0.4 is 5.19 Å². The molecule has 2 heteroatoms. The fraction of sp³-hybridized carbons (Fsp3) is 0.526. The fourth-order valence-electron chi connectivity index (χ4n) is 3.58. The lowest BCUT2D eigenvalue weighted by atomic mass is 9.78. The van der Waals surface area contributed by atoms with Gasteiger partial charge in [0.2, 0.25) is 0 Å². The number of carbonyl (C=O) groups excluding carboxylic acids is 1. The Morgan fingerprint density at radius 1 is 1.24 bits per heavy atom. The lowest BCUT2D eigenvalue weighted by molar-refractivity contribution is -0.124. The van der Waals surface area contributed by atoms with E-state index in [2.05, 4.69) is 56.4 Å². The summed E-state index contributed by atoms with van der Waals surface area (Å²) in [5.41, 5.74) is 1.59. The van der Waals surface area contributed by atoms with Crippen LogP contribution in [0.2, 0.25) is 19.1 Å². The average Bonchev–Trinajstić information content (AvgIpc) is 2.47. The van der Waals surface area contributed by atoms with Crippen LogP contribution in [0.1, 0.15) is 33.1 Å². The minimum absolute atomic E-state index is 0.264. The highest BCUT2D eigenvalue weighted by atomic mass is 28.3. The van der Waals surface area contributed by atoms with Gasteiger partial charge in [0.05, 0.1) is 8.07 Å². The van der Waals surface area contributed by atoms with Gasteiger partial charge in [0.1, 0.15) is 5.78 Å². The molecule has 0 saturated heterocycles. The standard InChI is InChI=1S/C19H28OSi/c1-5-19(20)18-12-11-16(13-15(18)2)14-21(3,4)17-9-7-6-8-10-17/h6-11,15,18H,5,12-14H2,1-4H3/t15-,18-/m1/s1. The molecule has 1 aromatic rings. The predicted molar refractivity (Wildman–Crippen MR) is 93.6 cm³/mol. The number of Topliss-reactive ketones (excluding diaryl/α,β-unsaturated/α-hetero) is 1. The van der Waals surface area contributed by atoms with E-state index in [-0.39, 0.29) is 5.92 Å². The van der Waals surface area contributed by atoms with Crippen LogP contribution in [-0.2, 0) is 4.79 Å². The Bertz CT molecular complexity index is 516. The summed E-state index contributed by atoms with van der Waals surface area (Å²) in [6, 6.07) is 12.2. The first-order chi connectivity index (χ1) is 9.94. The molecule has 0 fully saturated rings. The molecule has 1 aliphatic carbocycles. The van der Waals surface area contributed by atoms with Crippen molar-refractivity contribution >= 4 is 19.0 Å². The third kappa shape index (κ3) is 3.94. The van der Waals surface area contributed by atoms with Crippen LogP contribution in [0.3, 0.4) is 0 Å². The highest BCUT2D eigenvalue weighted by molar-refractivity contribution is 6.90. The van der Waals surface area contributed by atoms with E-state index in [9.17, 15) is 4.79 Å². The summed E-state index contributed by atoms with van der Waals surface area (Å²) < 4.78 is 0. The summed E-state index contributed by atoms with van der Waals surface area (Å²) in [6.07, 6.45) is 5.13. The van der Waals surface area contributed by atoms with Gasteiger partial charge in [0.25, 0.3) is 0 Å². The number of allylic oxidation sites excluding steroid dienone is 2. The molecule has 0 aromatic heterocycles. The molecule has 0 amide bonds. The van der Waals surface area contributed by atoms with Gasteiger partial charge in [-0.1, -0.05) is 74.1 Å². The second kappa shape index (κ2) is 6.74. The van der Waals surface area contributed by atoms with Gasteiger partial charge >= 0.3 is 0 Å². The van der Waals surface area contributed by atoms with E-state index in [1.54, 1.807) is 5.57 Å². The van der Waals surface area contributed by atoms with E-state index < -0.39 is 8.07 Å². The molecule has 0 bridgehead atoms. The van der Waals surface area contributed by atoms with Gasteiger partial charge in [-0.15, -0.1) is 0 Å². The Morgan fingerprint density at radius 2 is 1.90 bits per heavy atom. The Balaban J connectivity index is 2.07. The summed E-state index contributed by atoms with van der Waals surface area (Å²) in [4.78, 5) is 12.0. The summed E-state index contributed by atoms with van der Waals surface area (Å²) in [5, 5.41) is 1.53. The molecule has 0 spiro atoms. The minimum Gasteiger partial charge on any atom is -0.299 e. The maximum Gasteiger partial charge on any atom is 0.136 e. The van der Waals surface area contributed by atoms with Crippen molar-refractivity contribution in [3.8, 4) is 0 Å². The lowest BCUT2D eigenvalue weighted by Gasteiger charge is -2.31. The van der Waals surface area contributed by atoms with Crippen molar-refractivity contribution in [2.24, 2.45) is 11.8 Å². The van der Waals surface area contributed by atoms with Crippen LogP contribution in [0, 0.1) is 11.8 Å². The maximum absolute atomic E-state index is 12.0. The zero-order valence-corrected chi connectivity index (χ0v) is 14.9. The van der Waals surface area contributed by atoms with Gasteiger partial charge in [-0.25, -0.2) is 0 Å². The number of carbonyl (C=O) groups is 1. The van der Waals surface area contributed by atoms with E-state index >= 15 is 0 Å². The molecule has 0 unspecified atom stereocenters. The normalized spacial score (nSPS) is 22.8. The molecule has 2 atom stereocenters. The summed E-state index contributed by atoms with van der Waals surface area (Å²) >= 11 is 0. The van der Waals surface area contributed by atoms with Gasteiger partial charge in [-0.2, -0.15) is 0 Å². The maximum atomic E-state index is 12.0. The zero-order valence-electron chi connectivity index (χ0n) is 13.9. The molecule has 0 heterocycles. The average molecular weight is 301 g/mol. The van der Waals surface area contributed by atoms with Crippen LogP contribution in [0.15, 0.2) is 42.0 Å². The summed E-state index contributed by atoms with van der Waals surface area (Å²) in [6.45, 7) is 9.15. The summed E-state index contributed by atoms with van der Waals surface area (Å²) in [7, 11) is -1.41. The monoisotopic (exact) mass is 300 g/mol. The van der Waals surface area contributed by atoms with Gasteiger partial charge in [-0.05, 0) is 24.8 Å². The van der Waals surface area contributed by atoms with Gasteiger partial charge < -0.3 is 0 Å². The molecule has 114 valence electrons. The second-order valence-electron chi connectivity index (χ2n) is 7.13. The number of hydrogen-bond acceptors (Lipinski definition) is 1. The molecule has 0 aliphatic heterocycles. The van der Waals surface area contributed by atoms with Crippen molar-refractivity contribution < 1.29 is 4.79 Å². The molecule has 21 heavy (non-hydrogen) atoms. The molecule has 2 rings (SSSR count). The molecular weight excluding hydrogens is 272 g/mol. The smallest absolute Gasteiger partial charge is 0.136 e. The Hall–Kier alpha value is -1.15. The molecular formula is C19H28OSi. The molecule has 1 nitrogen and oxygen atoms in total. The highest BCUT2D eigenvalue weighted by Gasteiger charge is 2.30. The molecule has 1 aromatic carbocycles. The van der Waals surface area contributed by atoms with Crippen LogP contribution >= 0.6 is 0 Å². The van der Waals surface area contributed by atoms with Gasteiger partial charge in [0, 0.05) is 12.3 Å². The molecule has 1 aliphatic rings. The highest BCUT2D eigenvalue weighted by Crippen LogP contribution is 2.34. The van der Waals surface area contributed by atoms with E-state index in [0.717, 1.165) is 12.8 Å². The van der Waals surface area contributed by atoms with Gasteiger partial charge in [0.15, 0.2) is 0 Å². The third-order valence-corrected chi connectivity index (χ3v) is 8.15. The lowest BCUT2D eigenvalue weighted by Crippen LogP contribution is -2.41. The second-order valence-corrected chi connectivity index (χ2v) is 11.8. The quantitative estimate of drug-likeness (QED) is 0.576. The van der Waals surface area contributed by atoms with Gasteiger partial charge in [-0.3, -0.25) is 4.79 Å². The topological polar surface area (TPSA) is 17.1 Å². The molecule has 0 saturated carbocycles. The predicted octanol–water partition coefficient (Wildman–Crippen LogP) is 4.55. The first-order valence-corrected chi connectivity index (χ1v) is 11.4. The largest absolute Gasteiger partial charge is 0.299 e. The summed E-state index contributed by atoms with van der Waals surface area (Å²) in [5.74, 6) is 1.22. The van der Waals surface area contributed by atoms with Crippen molar-refractivity contribution in [1.82, 2.24) is 0 Å². The number of hydrogen-bond donors (Lipinski definition) is 0. The van der Waals surface area contributed by atoms with E-state index in [1.807, 2.05) is 6.92 Å². The Morgan fingerprint density at radius 3 is 2.48 bits per heavy atom. The van der Waals surface area contributed by atoms with Crippen molar-refractivity contribution in [2.75, 3.05) is 0 Å². The Kier molecular flexibility index (Phi) is 5.21. The fourth-order valence-corrected chi connectivity index (χ4v) is 6.30. The number of rotatable bonds is 5. The van der Waals surface area contributed by atoms with E-state index in [1.165, 1.54) is 11.2 Å². The zero-order chi connectivity index (χ0) is 15.5. The van der Waals surface area contributed by atoms with E-state index in [0.29, 0.717) is 18.1 Å². The van der Waals surface area contributed by atoms with Crippen molar-refractivity contribution in [1.29, 1.82) is 0 Å². The van der Waals surface area contributed by atoms with Crippen LogP contribution in [-0.4, -0.2) is 13.9 Å². The first-order valence-electron chi connectivity index (χ1n) is 8.20.